The third-order valence-electron chi connectivity index (χ3n) is 2.30. The summed E-state index contributed by atoms with van der Waals surface area (Å²) in [5.41, 5.74) is 8.46. The van der Waals surface area contributed by atoms with Gasteiger partial charge in [-0.2, -0.15) is 5.10 Å². The van der Waals surface area contributed by atoms with E-state index in [9.17, 15) is 4.79 Å². The number of hydrogen-bond donors (Lipinski definition) is 3. The van der Waals surface area contributed by atoms with Crippen molar-refractivity contribution in [2.75, 3.05) is 11.1 Å². The summed E-state index contributed by atoms with van der Waals surface area (Å²) < 4.78 is 0. The first kappa shape index (κ1) is 10.2. The van der Waals surface area contributed by atoms with Gasteiger partial charge in [-0.25, -0.2) is 0 Å². The lowest BCUT2D eigenvalue weighted by Gasteiger charge is -2.05. The van der Waals surface area contributed by atoms with E-state index in [-0.39, 0.29) is 5.91 Å². The predicted octanol–water partition coefficient (Wildman–Crippen LogP) is 1.55. The summed E-state index contributed by atoms with van der Waals surface area (Å²) >= 11 is 0. The molecule has 5 nitrogen and oxygen atoms in total. The van der Waals surface area contributed by atoms with Crippen molar-refractivity contribution >= 4 is 17.3 Å². The number of amides is 1. The highest BCUT2D eigenvalue weighted by Crippen LogP contribution is 2.14. The molecule has 2 rings (SSSR count). The molecule has 0 fully saturated rings. The Morgan fingerprint density at radius 1 is 1.50 bits per heavy atom. The van der Waals surface area contributed by atoms with Gasteiger partial charge in [0.25, 0.3) is 5.91 Å². The molecule has 4 N–H and O–H groups in total. The van der Waals surface area contributed by atoms with E-state index < -0.39 is 0 Å². The molecule has 0 atom stereocenters. The van der Waals surface area contributed by atoms with Gasteiger partial charge in [0.15, 0.2) is 0 Å². The lowest BCUT2D eigenvalue weighted by atomic mass is 10.1. The molecule has 0 bridgehead atoms. The summed E-state index contributed by atoms with van der Waals surface area (Å²) in [6, 6.07) is 5.21. The first-order valence-electron chi connectivity index (χ1n) is 4.83. The van der Waals surface area contributed by atoms with Crippen LogP contribution in [-0.4, -0.2) is 16.1 Å². The molecule has 0 spiro atoms. The van der Waals surface area contributed by atoms with Gasteiger partial charge in [0.05, 0.1) is 11.9 Å². The van der Waals surface area contributed by atoms with Gasteiger partial charge in [0.2, 0.25) is 0 Å². The molecule has 5 heteroatoms. The summed E-state index contributed by atoms with van der Waals surface area (Å²) in [5.74, 6) is -0.201. The largest absolute Gasteiger partial charge is 0.398 e. The summed E-state index contributed by atoms with van der Waals surface area (Å²) in [4.78, 5) is 11.8. The molecule has 0 aliphatic rings. The lowest BCUT2D eigenvalue weighted by molar-refractivity contribution is 0.102. The minimum atomic E-state index is -0.201. The van der Waals surface area contributed by atoms with Gasteiger partial charge in [-0.15, -0.1) is 0 Å². The van der Waals surface area contributed by atoms with Crippen LogP contribution in [0, 0.1) is 6.92 Å². The fraction of sp³-hybridized carbons (Fsp3) is 0.0909. The van der Waals surface area contributed by atoms with Crippen molar-refractivity contribution in [3.05, 3.63) is 41.7 Å². The number of nitrogen functional groups attached to an aromatic ring is 1. The standard InChI is InChI=1S/C11H12N4O/c1-7-2-3-8(4-10(7)12)11(16)15-9-5-13-14-6-9/h2-6H,12H2,1H3,(H,13,14)(H,15,16). The molecule has 1 amide bonds. The van der Waals surface area contributed by atoms with Crippen LogP contribution in [0.4, 0.5) is 11.4 Å². The molecular weight excluding hydrogens is 204 g/mol. The Hall–Kier alpha value is -2.30. The van der Waals surface area contributed by atoms with Crippen molar-refractivity contribution in [3.8, 4) is 0 Å². The highest BCUT2D eigenvalue weighted by atomic mass is 16.1. The van der Waals surface area contributed by atoms with Gasteiger partial charge in [-0.3, -0.25) is 9.89 Å². The Balaban J connectivity index is 2.18. The third-order valence-corrected chi connectivity index (χ3v) is 2.30. The topological polar surface area (TPSA) is 83.8 Å². The quantitative estimate of drug-likeness (QED) is 0.666. The van der Waals surface area contributed by atoms with Crippen LogP contribution in [0.3, 0.4) is 0 Å². The van der Waals surface area contributed by atoms with Gasteiger partial charge in [0.1, 0.15) is 0 Å². The van der Waals surface area contributed by atoms with Crippen LogP contribution in [0.25, 0.3) is 0 Å². The van der Waals surface area contributed by atoms with Crippen molar-refractivity contribution in [2.24, 2.45) is 0 Å². The number of nitrogens with two attached hydrogens (primary N) is 1. The van der Waals surface area contributed by atoms with Crippen LogP contribution in [0.2, 0.25) is 0 Å². The molecule has 2 aromatic rings. The zero-order valence-electron chi connectivity index (χ0n) is 8.82. The zero-order valence-corrected chi connectivity index (χ0v) is 8.82. The van der Waals surface area contributed by atoms with Crippen LogP contribution in [0.1, 0.15) is 15.9 Å². The van der Waals surface area contributed by atoms with E-state index >= 15 is 0 Å². The van der Waals surface area contributed by atoms with E-state index in [4.69, 9.17) is 5.73 Å². The van der Waals surface area contributed by atoms with Crippen molar-refractivity contribution in [1.82, 2.24) is 10.2 Å². The Bertz CT molecular complexity index is 505. The number of carbonyl (C=O) groups excluding carboxylic acids is 1. The smallest absolute Gasteiger partial charge is 0.255 e. The molecular formula is C11H12N4O. The van der Waals surface area contributed by atoms with Crippen LogP contribution in [-0.2, 0) is 0 Å². The normalized spacial score (nSPS) is 10.1. The Morgan fingerprint density at radius 3 is 2.94 bits per heavy atom. The highest BCUT2D eigenvalue weighted by Gasteiger charge is 2.07. The number of aromatic amines is 1. The van der Waals surface area contributed by atoms with E-state index in [1.54, 1.807) is 18.3 Å². The van der Waals surface area contributed by atoms with E-state index in [0.717, 1.165) is 5.56 Å². The fourth-order valence-electron chi connectivity index (χ4n) is 1.30. The number of benzene rings is 1. The first-order valence-corrected chi connectivity index (χ1v) is 4.83. The molecule has 82 valence electrons. The second-order valence-electron chi connectivity index (χ2n) is 3.51. The van der Waals surface area contributed by atoms with Gasteiger partial charge in [-0.05, 0) is 24.6 Å². The van der Waals surface area contributed by atoms with Crippen LogP contribution < -0.4 is 11.1 Å². The minimum Gasteiger partial charge on any atom is -0.398 e. The van der Waals surface area contributed by atoms with Crippen molar-refractivity contribution in [3.63, 3.8) is 0 Å². The number of aryl methyl sites for hydroxylation is 1. The maximum absolute atomic E-state index is 11.8. The molecule has 0 unspecified atom stereocenters. The number of carbonyl (C=O) groups is 1. The molecule has 0 saturated heterocycles. The SMILES string of the molecule is Cc1ccc(C(=O)Nc2cn[nH]c2)cc1N. The number of nitrogens with one attached hydrogen (secondary N) is 2. The van der Waals surface area contributed by atoms with Gasteiger partial charge in [-0.1, -0.05) is 6.07 Å². The van der Waals surface area contributed by atoms with Gasteiger partial charge < -0.3 is 11.1 Å². The van der Waals surface area contributed by atoms with Gasteiger partial charge in [0, 0.05) is 17.4 Å². The number of hydrogen-bond acceptors (Lipinski definition) is 3. The van der Waals surface area contributed by atoms with E-state index in [1.165, 1.54) is 6.20 Å². The number of aromatic nitrogens is 2. The zero-order chi connectivity index (χ0) is 11.5. The van der Waals surface area contributed by atoms with Crippen LogP contribution in [0.15, 0.2) is 30.6 Å². The summed E-state index contributed by atoms with van der Waals surface area (Å²) in [7, 11) is 0. The predicted molar refractivity (Wildman–Crippen MR) is 62.1 cm³/mol. The van der Waals surface area contributed by atoms with Crippen LogP contribution >= 0.6 is 0 Å². The average Bonchev–Trinajstić information content (AvgIpc) is 2.74. The van der Waals surface area contributed by atoms with Crippen molar-refractivity contribution in [2.45, 2.75) is 6.92 Å². The molecule has 0 aliphatic heterocycles. The molecule has 1 heterocycles. The van der Waals surface area contributed by atoms with E-state index in [2.05, 4.69) is 15.5 Å². The molecule has 1 aromatic carbocycles. The summed E-state index contributed by atoms with van der Waals surface area (Å²) in [6.45, 7) is 1.90. The molecule has 1 aromatic heterocycles. The lowest BCUT2D eigenvalue weighted by Crippen LogP contribution is -2.11. The highest BCUT2D eigenvalue weighted by molar-refractivity contribution is 6.04. The Morgan fingerprint density at radius 2 is 2.31 bits per heavy atom. The summed E-state index contributed by atoms with van der Waals surface area (Å²) in [5, 5.41) is 9.05. The first-order chi connectivity index (χ1) is 7.66. The van der Waals surface area contributed by atoms with Crippen molar-refractivity contribution in [1.29, 1.82) is 0 Å². The van der Waals surface area contributed by atoms with Crippen molar-refractivity contribution < 1.29 is 4.79 Å². The minimum absolute atomic E-state index is 0.201. The number of anilines is 2. The van der Waals surface area contributed by atoms with Gasteiger partial charge >= 0.3 is 0 Å². The maximum Gasteiger partial charge on any atom is 0.255 e. The monoisotopic (exact) mass is 216 g/mol. The second kappa shape index (κ2) is 4.06. The van der Waals surface area contributed by atoms with E-state index in [1.807, 2.05) is 13.0 Å². The molecule has 16 heavy (non-hydrogen) atoms. The summed E-state index contributed by atoms with van der Waals surface area (Å²) in [6.07, 6.45) is 3.14. The third kappa shape index (κ3) is 2.03. The fourth-order valence-corrected chi connectivity index (χ4v) is 1.30. The number of H-pyrrole nitrogens is 1. The molecule has 0 aliphatic carbocycles. The van der Waals surface area contributed by atoms with E-state index in [0.29, 0.717) is 16.9 Å². The Kier molecular flexibility index (Phi) is 2.59. The Labute approximate surface area is 92.7 Å². The molecule has 0 radical (unpaired) electrons. The molecule has 0 saturated carbocycles. The average molecular weight is 216 g/mol. The number of nitrogens with zero attached hydrogens (tertiary/aromatic N) is 1. The second-order valence-corrected chi connectivity index (χ2v) is 3.51. The van der Waals surface area contributed by atoms with Crippen LogP contribution in [0.5, 0.6) is 0 Å². The maximum atomic E-state index is 11.8. The number of rotatable bonds is 2.